The van der Waals surface area contributed by atoms with E-state index in [4.69, 9.17) is 18.9 Å². The maximum atomic E-state index is 11.2. The Hall–Kier alpha value is -2.06. The van der Waals surface area contributed by atoms with Crippen LogP contribution < -0.4 is 14.8 Å². The summed E-state index contributed by atoms with van der Waals surface area (Å²) in [5, 5.41) is 14.2. The molecule has 8 heteroatoms. The van der Waals surface area contributed by atoms with Crippen LogP contribution in [0.15, 0.2) is 12.1 Å². The second-order valence-corrected chi connectivity index (χ2v) is 5.34. The number of hydrogen-bond donors (Lipinski definition) is 1. The zero-order valence-corrected chi connectivity index (χ0v) is 11.8. The van der Waals surface area contributed by atoms with Gasteiger partial charge in [0.1, 0.15) is 5.69 Å². The number of nitrogens with zero attached hydrogens (tertiary/aromatic N) is 1. The summed E-state index contributed by atoms with van der Waals surface area (Å²) in [6.45, 7) is 4.52. The Morgan fingerprint density at radius 2 is 1.86 bits per heavy atom. The largest absolute Gasteiger partial charge is 0.454 e. The zero-order chi connectivity index (χ0) is 15.0. The summed E-state index contributed by atoms with van der Waals surface area (Å²) in [6.07, 6.45) is 0. The first-order valence-corrected chi connectivity index (χ1v) is 6.57. The van der Waals surface area contributed by atoms with Crippen LogP contribution in [0, 0.1) is 10.1 Å². The molecule has 1 aromatic carbocycles. The summed E-state index contributed by atoms with van der Waals surface area (Å²) >= 11 is 0. The van der Waals surface area contributed by atoms with Crippen LogP contribution in [0.2, 0.25) is 0 Å². The Morgan fingerprint density at radius 1 is 1.24 bits per heavy atom. The minimum absolute atomic E-state index is 0.0657. The molecule has 0 atom stereocenters. The van der Waals surface area contributed by atoms with Crippen LogP contribution in [0.4, 0.5) is 11.4 Å². The molecule has 3 rings (SSSR count). The van der Waals surface area contributed by atoms with Gasteiger partial charge in [0.25, 0.3) is 5.69 Å². The normalized spacial score (nSPS) is 20.3. The lowest BCUT2D eigenvalue weighted by atomic mass is 10.2. The van der Waals surface area contributed by atoms with Crippen LogP contribution in [0.1, 0.15) is 13.8 Å². The van der Waals surface area contributed by atoms with Crippen molar-refractivity contribution in [2.75, 3.05) is 25.3 Å². The van der Waals surface area contributed by atoms with Crippen molar-refractivity contribution in [1.29, 1.82) is 0 Å². The molecule has 0 aliphatic carbocycles. The Labute approximate surface area is 121 Å². The summed E-state index contributed by atoms with van der Waals surface area (Å²) in [4.78, 5) is 10.7. The highest BCUT2D eigenvalue weighted by atomic mass is 16.7. The van der Waals surface area contributed by atoms with Gasteiger partial charge in [-0.3, -0.25) is 10.1 Å². The molecule has 0 radical (unpaired) electrons. The van der Waals surface area contributed by atoms with Crippen LogP contribution in [0.5, 0.6) is 11.5 Å². The first-order valence-electron chi connectivity index (χ1n) is 6.57. The molecule has 0 unspecified atom stereocenters. The lowest BCUT2D eigenvalue weighted by Crippen LogP contribution is -2.45. The van der Waals surface area contributed by atoms with E-state index < -0.39 is 10.7 Å². The van der Waals surface area contributed by atoms with Crippen molar-refractivity contribution < 1.29 is 23.9 Å². The molecule has 1 N–H and O–H groups in total. The first-order chi connectivity index (χ1) is 9.94. The Kier molecular flexibility index (Phi) is 3.34. The molecule has 114 valence electrons. The van der Waals surface area contributed by atoms with Gasteiger partial charge in [-0.2, -0.15) is 0 Å². The third kappa shape index (κ3) is 2.86. The fourth-order valence-corrected chi connectivity index (χ4v) is 2.19. The number of nitro groups is 1. The van der Waals surface area contributed by atoms with Gasteiger partial charge in [-0.25, -0.2) is 0 Å². The molecular formula is C13H16N2O6. The topological polar surface area (TPSA) is 92.1 Å². The summed E-state index contributed by atoms with van der Waals surface area (Å²) in [7, 11) is 0. The van der Waals surface area contributed by atoms with Crippen molar-refractivity contribution in [3.63, 3.8) is 0 Å². The summed E-state index contributed by atoms with van der Waals surface area (Å²) in [5.74, 6) is 0.240. The van der Waals surface area contributed by atoms with Crippen molar-refractivity contribution in [3.8, 4) is 11.5 Å². The number of hydrogen-bond acceptors (Lipinski definition) is 7. The molecule has 0 bridgehead atoms. The molecule has 0 saturated carbocycles. The molecule has 0 amide bonds. The average Bonchev–Trinajstić information content (AvgIpc) is 2.87. The van der Waals surface area contributed by atoms with Crippen molar-refractivity contribution in [3.05, 3.63) is 22.2 Å². The SMILES string of the molecule is CC1(C)OCC(Nc2cc3c(cc2[N+](=O)[O-])OCO3)CO1. The fourth-order valence-electron chi connectivity index (χ4n) is 2.19. The van der Waals surface area contributed by atoms with Gasteiger partial charge in [0.15, 0.2) is 17.3 Å². The second-order valence-electron chi connectivity index (χ2n) is 5.34. The Bertz CT molecular complexity index is 564. The average molecular weight is 296 g/mol. The molecule has 0 spiro atoms. The van der Waals surface area contributed by atoms with Gasteiger partial charge in [0.05, 0.1) is 30.2 Å². The molecule has 0 aromatic heterocycles. The third-order valence-corrected chi connectivity index (χ3v) is 3.31. The molecule has 1 aromatic rings. The van der Waals surface area contributed by atoms with E-state index in [0.29, 0.717) is 30.4 Å². The Balaban J connectivity index is 1.80. The predicted octanol–water partition coefficient (Wildman–Crippen LogP) is 1.89. The van der Waals surface area contributed by atoms with Gasteiger partial charge in [0.2, 0.25) is 6.79 Å². The molecule has 8 nitrogen and oxygen atoms in total. The first kappa shape index (κ1) is 13.9. The summed E-state index contributed by atoms with van der Waals surface area (Å²) < 4.78 is 21.5. The molecular weight excluding hydrogens is 280 g/mol. The lowest BCUT2D eigenvalue weighted by Gasteiger charge is -2.35. The summed E-state index contributed by atoms with van der Waals surface area (Å²) in [6, 6.07) is 2.76. The standard InChI is InChI=1S/C13H16N2O6/c1-13(2)20-5-8(6-21-13)14-9-3-11-12(19-7-18-11)4-10(9)15(16)17/h3-4,8,14H,5-7H2,1-2H3. The minimum atomic E-state index is -0.626. The van der Waals surface area contributed by atoms with E-state index in [9.17, 15) is 10.1 Å². The van der Waals surface area contributed by atoms with E-state index in [-0.39, 0.29) is 18.5 Å². The molecule has 1 fully saturated rings. The van der Waals surface area contributed by atoms with Crippen LogP contribution in [0.3, 0.4) is 0 Å². The van der Waals surface area contributed by atoms with E-state index in [1.165, 1.54) is 6.07 Å². The molecule has 21 heavy (non-hydrogen) atoms. The van der Waals surface area contributed by atoms with Gasteiger partial charge in [-0.05, 0) is 13.8 Å². The number of fused-ring (bicyclic) bond motifs is 1. The monoisotopic (exact) mass is 296 g/mol. The third-order valence-electron chi connectivity index (χ3n) is 3.31. The van der Waals surface area contributed by atoms with Crippen LogP contribution in [-0.2, 0) is 9.47 Å². The van der Waals surface area contributed by atoms with E-state index in [0.717, 1.165) is 0 Å². The molecule has 2 aliphatic heterocycles. The fraction of sp³-hybridized carbons (Fsp3) is 0.538. The van der Waals surface area contributed by atoms with Crippen LogP contribution >= 0.6 is 0 Å². The number of ether oxygens (including phenoxy) is 4. The number of nitrogens with one attached hydrogen (secondary N) is 1. The number of rotatable bonds is 3. The van der Waals surface area contributed by atoms with Crippen LogP contribution in [0.25, 0.3) is 0 Å². The maximum Gasteiger partial charge on any atom is 0.296 e. The van der Waals surface area contributed by atoms with Crippen molar-refractivity contribution in [2.24, 2.45) is 0 Å². The van der Waals surface area contributed by atoms with E-state index in [1.807, 2.05) is 13.8 Å². The summed E-state index contributed by atoms with van der Waals surface area (Å²) in [5.41, 5.74) is 0.297. The number of benzene rings is 1. The van der Waals surface area contributed by atoms with Crippen molar-refractivity contribution in [1.82, 2.24) is 0 Å². The van der Waals surface area contributed by atoms with Crippen molar-refractivity contribution >= 4 is 11.4 Å². The molecule has 2 aliphatic rings. The van der Waals surface area contributed by atoms with Gasteiger partial charge >= 0.3 is 0 Å². The van der Waals surface area contributed by atoms with Crippen LogP contribution in [-0.4, -0.2) is 36.8 Å². The number of nitro benzene ring substituents is 1. The molecule has 1 saturated heterocycles. The van der Waals surface area contributed by atoms with E-state index >= 15 is 0 Å². The number of anilines is 1. The van der Waals surface area contributed by atoms with Gasteiger partial charge < -0.3 is 24.3 Å². The van der Waals surface area contributed by atoms with E-state index in [1.54, 1.807) is 6.07 Å². The maximum absolute atomic E-state index is 11.2. The minimum Gasteiger partial charge on any atom is -0.454 e. The van der Waals surface area contributed by atoms with Gasteiger partial charge in [0, 0.05) is 6.07 Å². The smallest absolute Gasteiger partial charge is 0.296 e. The van der Waals surface area contributed by atoms with Gasteiger partial charge in [-0.15, -0.1) is 0 Å². The van der Waals surface area contributed by atoms with Gasteiger partial charge in [-0.1, -0.05) is 0 Å². The highest BCUT2D eigenvalue weighted by Crippen LogP contribution is 2.41. The lowest BCUT2D eigenvalue weighted by molar-refractivity contribution is -0.384. The van der Waals surface area contributed by atoms with E-state index in [2.05, 4.69) is 5.32 Å². The zero-order valence-electron chi connectivity index (χ0n) is 11.8. The second kappa shape index (κ2) is 5.05. The van der Waals surface area contributed by atoms with Crippen molar-refractivity contribution in [2.45, 2.75) is 25.7 Å². The Morgan fingerprint density at radius 3 is 2.48 bits per heavy atom. The highest BCUT2D eigenvalue weighted by Gasteiger charge is 2.30. The highest BCUT2D eigenvalue weighted by molar-refractivity contribution is 5.69. The molecule has 2 heterocycles. The quantitative estimate of drug-likeness (QED) is 0.672. The predicted molar refractivity (Wildman–Crippen MR) is 72.6 cm³/mol.